The van der Waals surface area contributed by atoms with Gasteiger partial charge in [0.1, 0.15) is 18.4 Å². The fourth-order valence-electron chi connectivity index (χ4n) is 2.91. The number of hydrogen-bond acceptors (Lipinski definition) is 4. The van der Waals surface area contributed by atoms with Gasteiger partial charge < -0.3 is 14.8 Å². The van der Waals surface area contributed by atoms with Gasteiger partial charge in [-0.15, -0.1) is 0 Å². The van der Waals surface area contributed by atoms with E-state index in [-0.39, 0.29) is 5.91 Å². The van der Waals surface area contributed by atoms with Gasteiger partial charge in [0.05, 0.1) is 7.11 Å². The molecule has 1 atom stereocenters. The van der Waals surface area contributed by atoms with Crippen LogP contribution in [0.5, 0.6) is 5.75 Å². The highest BCUT2D eigenvalue weighted by Crippen LogP contribution is 2.17. The van der Waals surface area contributed by atoms with Crippen molar-refractivity contribution >= 4 is 11.9 Å². The zero-order chi connectivity index (χ0) is 20.5. The summed E-state index contributed by atoms with van der Waals surface area (Å²) in [7, 11) is 1.31. The Morgan fingerprint density at radius 3 is 2.21 bits per heavy atom. The molecule has 0 bridgehead atoms. The number of benzene rings is 3. The van der Waals surface area contributed by atoms with E-state index in [1.165, 1.54) is 7.11 Å². The standard InChI is InChI=1S/C24H23NO4/c1-28-24(27)22(25-23(26)20-12-6-3-7-13-20)16-19-11-8-14-21(15-19)29-17-18-9-4-2-5-10-18/h2-15,22H,16-17H2,1H3,(H,25,26)/t22-/m1/s1. The predicted octanol–water partition coefficient (Wildman–Crippen LogP) is 3.78. The van der Waals surface area contributed by atoms with Crippen molar-refractivity contribution < 1.29 is 19.1 Å². The maximum absolute atomic E-state index is 12.4. The van der Waals surface area contributed by atoms with Crippen LogP contribution in [-0.2, 0) is 22.6 Å². The maximum atomic E-state index is 12.4. The van der Waals surface area contributed by atoms with E-state index in [0.29, 0.717) is 24.3 Å². The fourth-order valence-corrected chi connectivity index (χ4v) is 2.91. The van der Waals surface area contributed by atoms with Gasteiger partial charge >= 0.3 is 5.97 Å². The summed E-state index contributed by atoms with van der Waals surface area (Å²) in [4.78, 5) is 24.7. The molecule has 0 fully saturated rings. The summed E-state index contributed by atoms with van der Waals surface area (Å²) in [6, 6.07) is 25.3. The Balaban J connectivity index is 1.67. The topological polar surface area (TPSA) is 64.6 Å². The van der Waals surface area contributed by atoms with Crippen LogP contribution in [0.25, 0.3) is 0 Å². The Hall–Kier alpha value is -3.60. The third-order valence-electron chi connectivity index (χ3n) is 4.41. The smallest absolute Gasteiger partial charge is 0.328 e. The summed E-state index contributed by atoms with van der Waals surface area (Å²) in [6.07, 6.45) is 0.299. The molecule has 148 valence electrons. The van der Waals surface area contributed by atoms with E-state index >= 15 is 0 Å². The van der Waals surface area contributed by atoms with Crippen LogP contribution < -0.4 is 10.1 Å². The number of rotatable bonds is 8. The highest BCUT2D eigenvalue weighted by Gasteiger charge is 2.22. The number of carbonyl (C=O) groups is 2. The van der Waals surface area contributed by atoms with Crippen molar-refractivity contribution in [3.63, 3.8) is 0 Å². The van der Waals surface area contributed by atoms with Gasteiger partial charge in [-0.2, -0.15) is 0 Å². The third-order valence-corrected chi connectivity index (χ3v) is 4.41. The van der Waals surface area contributed by atoms with E-state index in [9.17, 15) is 9.59 Å². The zero-order valence-electron chi connectivity index (χ0n) is 16.2. The molecule has 1 amide bonds. The maximum Gasteiger partial charge on any atom is 0.328 e. The minimum atomic E-state index is -0.794. The lowest BCUT2D eigenvalue weighted by molar-refractivity contribution is -0.142. The van der Waals surface area contributed by atoms with Crippen molar-refractivity contribution in [3.05, 3.63) is 102 Å². The molecule has 0 aromatic heterocycles. The first kappa shape index (κ1) is 20.1. The van der Waals surface area contributed by atoms with Crippen molar-refractivity contribution in [1.82, 2.24) is 5.32 Å². The molecule has 3 aromatic rings. The van der Waals surface area contributed by atoms with Gasteiger partial charge in [0.25, 0.3) is 5.91 Å². The number of nitrogens with one attached hydrogen (secondary N) is 1. The second kappa shape index (κ2) is 10.1. The van der Waals surface area contributed by atoms with E-state index in [2.05, 4.69) is 5.32 Å². The number of esters is 1. The molecule has 0 aliphatic rings. The minimum Gasteiger partial charge on any atom is -0.489 e. The molecule has 5 heteroatoms. The second-order valence-electron chi connectivity index (χ2n) is 6.54. The Morgan fingerprint density at radius 2 is 1.52 bits per heavy atom. The predicted molar refractivity (Wildman–Crippen MR) is 111 cm³/mol. The SMILES string of the molecule is COC(=O)[C@@H](Cc1cccc(OCc2ccccc2)c1)NC(=O)c1ccccc1. The Kier molecular flexibility index (Phi) is 7.00. The van der Waals surface area contributed by atoms with E-state index < -0.39 is 12.0 Å². The lowest BCUT2D eigenvalue weighted by Crippen LogP contribution is -2.43. The highest BCUT2D eigenvalue weighted by molar-refractivity contribution is 5.96. The van der Waals surface area contributed by atoms with Crippen molar-refractivity contribution in [3.8, 4) is 5.75 Å². The van der Waals surface area contributed by atoms with Crippen LogP contribution in [0.2, 0.25) is 0 Å². The van der Waals surface area contributed by atoms with Gasteiger partial charge in [-0.3, -0.25) is 4.79 Å². The van der Waals surface area contributed by atoms with Crippen molar-refractivity contribution in [2.45, 2.75) is 19.1 Å². The zero-order valence-corrected chi connectivity index (χ0v) is 16.2. The quantitative estimate of drug-likeness (QED) is 0.596. The first-order valence-electron chi connectivity index (χ1n) is 9.35. The summed E-state index contributed by atoms with van der Waals surface area (Å²) in [5.41, 5.74) is 2.42. The fraction of sp³-hybridized carbons (Fsp3) is 0.167. The average Bonchev–Trinajstić information content (AvgIpc) is 2.78. The molecule has 1 N–H and O–H groups in total. The molecule has 3 aromatic carbocycles. The number of methoxy groups -OCH3 is 1. The van der Waals surface area contributed by atoms with Crippen molar-refractivity contribution in [1.29, 1.82) is 0 Å². The highest BCUT2D eigenvalue weighted by atomic mass is 16.5. The monoisotopic (exact) mass is 389 g/mol. The molecule has 29 heavy (non-hydrogen) atoms. The summed E-state index contributed by atoms with van der Waals surface area (Å²) < 4.78 is 10.7. The number of hydrogen-bond donors (Lipinski definition) is 1. The van der Waals surface area contributed by atoms with Gasteiger partial charge in [-0.05, 0) is 35.4 Å². The minimum absolute atomic E-state index is 0.299. The van der Waals surface area contributed by atoms with E-state index in [1.54, 1.807) is 24.3 Å². The molecule has 0 radical (unpaired) electrons. The molecule has 0 saturated heterocycles. The summed E-state index contributed by atoms with van der Waals surface area (Å²) in [5, 5.41) is 2.76. The molecule has 3 rings (SSSR count). The van der Waals surface area contributed by atoms with Crippen LogP contribution in [0.4, 0.5) is 0 Å². The van der Waals surface area contributed by atoms with Crippen LogP contribution in [0.15, 0.2) is 84.9 Å². The first-order chi connectivity index (χ1) is 14.2. The first-order valence-corrected chi connectivity index (χ1v) is 9.35. The molecule has 0 saturated carbocycles. The Morgan fingerprint density at radius 1 is 0.862 bits per heavy atom. The van der Waals surface area contributed by atoms with Crippen LogP contribution in [0.1, 0.15) is 21.5 Å². The Labute approximate surface area is 170 Å². The molecular weight excluding hydrogens is 366 g/mol. The van der Waals surface area contributed by atoms with Gasteiger partial charge in [-0.25, -0.2) is 4.79 Å². The van der Waals surface area contributed by atoms with Gasteiger partial charge in [0.2, 0.25) is 0 Å². The number of ether oxygens (including phenoxy) is 2. The Bertz CT molecular complexity index is 941. The largest absolute Gasteiger partial charge is 0.489 e. The van der Waals surface area contributed by atoms with Gasteiger partial charge in [0.15, 0.2) is 0 Å². The molecule has 0 unspecified atom stereocenters. The lowest BCUT2D eigenvalue weighted by atomic mass is 10.0. The summed E-state index contributed by atoms with van der Waals surface area (Å²) >= 11 is 0. The van der Waals surface area contributed by atoms with E-state index in [1.807, 2.05) is 60.7 Å². The molecular formula is C24H23NO4. The molecule has 0 spiro atoms. The molecule has 0 aliphatic carbocycles. The summed E-state index contributed by atoms with van der Waals surface area (Å²) in [6.45, 7) is 0.454. The number of amides is 1. The summed E-state index contributed by atoms with van der Waals surface area (Å²) in [5.74, 6) is -0.119. The normalized spacial score (nSPS) is 11.3. The molecule has 0 aliphatic heterocycles. The van der Waals surface area contributed by atoms with Crippen LogP contribution in [-0.4, -0.2) is 25.0 Å². The van der Waals surface area contributed by atoms with Crippen LogP contribution in [0, 0.1) is 0 Å². The van der Waals surface area contributed by atoms with E-state index in [0.717, 1.165) is 11.1 Å². The molecule has 0 heterocycles. The second-order valence-corrected chi connectivity index (χ2v) is 6.54. The van der Waals surface area contributed by atoms with Crippen molar-refractivity contribution in [2.24, 2.45) is 0 Å². The average molecular weight is 389 g/mol. The molecule has 5 nitrogen and oxygen atoms in total. The lowest BCUT2D eigenvalue weighted by Gasteiger charge is -2.17. The van der Waals surface area contributed by atoms with E-state index in [4.69, 9.17) is 9.47 Å². The van der Waals surface area contributed by atoms with Gasteiger partial charge in [0, 0.05) is 12.0 Å². The third kappa shape index (κ3) is 5.94. The number of carbonyl (C=O) groups excluding carboxylic acids is 2. The van der Waals surface area contributed by atoms with Crippen molar-refractivity contribution in [2.75, 3.05) is 7.11 Å². The van der Waals surface area contributed by atoms with Crippen LogP contribution in [0.3, 0.4) is 0 Å². The van der Waals surface area contributed by atoms with Gasteiger partial charge in [-0.1, -0.05) is 60.7 Å². The van der Waals surface area contributed by atoms with Crippen LogP contribution >= 0.6 is 0 Å².